The van der Waals surface area contributed by atoms with Crippen molar-refractivity contribution in [3.8, 4) is 0 Å². The highest BCUT2D eigenvalue weighted by molar-refractivity contribution is 5.78. The van der Waals surface area contributed by atoms with E-state index in [-0.39, 0.29) is 5.91 Å². The summed E-state index contributed by atoms with van der Waals surface area (Å²) < 4.78 is 0. The van der Waals surface area contributed by atoms with Gasteiger partial charge in [0.1, 0.15) is 0 Å². The third kappa shape index (κ3) is 3.69. The van der Waals surface area contributed by atoms with Crippen molar-refractivity contribution < 1.29 is 4.79 Å². The number of piperidine rings is 1. The van der Waals surface area contributed by atoms with E-state index < -0.39 is 0 Å². The van der Waals surface area contributed by atoms with Crippen LogP contribution in [0, 0.1) is 5.92 Å². The van der Waals surface area contributed by atoms with E-state index in [2.05, 4.69) is 17.1 Å². The van der Waals surface area contributed by atoms with E-state index >= 15 is 0 Å². The predicted molar refractivity (Wildman–Crippen MR) is 73.2 cm³/mol. The summed E-state index contributed by atoms with van der Waals surface area (Å²) in [7, 11) is 0. The van der Waals surface area contributed by atoms with Gasteiger partial charge in [-0.3, -0.25) is 9.69 Å². The maximum absolute atomic E-state index is 12.0. The smallest absolute Gasteiger partial charge is 0.234 e. The number of nitrogens with zero attached hydrogens (tertiary/aromatic N) is 1. The van der Waals surface area contributed by atoms with Crippen LogP contribution in [-0.4, -0.2) is 42.5 Å². The van der Waals surface area contributed by atoms with Crippen LogP contribution in [0.5, 0.6) is 0 Å². The zero-order valence-corrected chi connectivity index (χ0v) is 11.5. The molecule has 18 heavy (non-hydrogen) atoms. The Hall–Kier alpha value is -0.610. The minimum Gasteiger partial charge on any atom is -0.352 e. The fourth-order valence-corrected chi connectivity index (χ4v) is 3.28. The Kier molecular flexibility index (Phi) is 5.01. The van der Waals surface area contributed by atoms with Crippen LogP contribution in [0.1, 0.15) is 45.4 Å². The molecule has 2 unspecified atom stereocenters. The van der Waals surface area contributed by atoms with Crippen LogP contribution in [0.4, 0.5) is 0 Å². The summed E-state index contributed by atoms with van der Waals surface area (Å²) in [6, 6.07) is 0.820. The lowest BCUT2D eigenvalue weighted by molar-refractivity contribution is -0.124. The molecule has 3 N–H and O–H groups in total. The molecule has 2 fully saturated rings. The van der Waals surface area contributed by atoms with Crippen molar-refractivity contribution in [2.24, 2.45) is 11.7 Å². The molecule has 0 aromatic heterocycles. The second kappa shape index (κ2) is 6.53. The van der Waals surface area contributed by atoms with Crippen molar-refractivity contribution in [3.05, 3.63) is 0 Å². The van der Waals surface area contributed by atoms with Crippen LogP contribution in [-0.2, 0) is 4.79 Å². The van der Waals surface area contributed by atoms with Crippen molar-refractivity contribution in [1.29, 1.82) is 0 Å². The first-order valence-electron chi connectivity index (χ1n) is 7.42. The molecule has 1 aliphatic heterocycles. The Morgan fingerprint density at radius 2 is 2.06 bits per heavy atom. The molecule has 2 aliphatic rings. The van der Waals surface area contributed by atoms with Gasteiger partial charge in [0.05, 0.1) is 6.54 Å². The Balaban J connectivity index is 1.78. The normalized spacial score (nSPS) is 30.6. The first-order valence-corrected chi connectivity index (χ1v) is 7.42. The van der Waals surface area contributed by atoms with Crippen molar-refractivity contribution in [1.82, 2.24) is 10.2 Å². The van der Waals surface area contributed by atoms with Gasteiger partial charge in [0.15, 0.2) is 0 Å². The number of nitrogens with two attached hydrogens (primary N) is 1. The molecule has 2 atom stereocenters. The number of nitrogens with one attached hydrogen (secondary N) is 1. The Bertz CT molecular complexity index is 276. The van der Waals surface area contributed by atoms with Crippen molar-refractivity contribution >= 4 is 5.91 Å². The van der Waals surface area contributed by atoms with Gasteiger partial charge in [-0.05, 0) is 38.1 Å². The molecular weight excluding hydrogens is 226 g/mol. The molecule has 1 saturated heterocycles. The molecular formula is C14H27N3O. The predicted octanol–water partition coefficient (Wildman–Crippen LogP) is 1.10. The molecule has 4 nitrogen and oxygen atoms in total. The van der Waals surface area contributed by atoms with E-state index in [1.165, 1.54) is 19.3 Å². The lowest BCUT2D eigenvalue weighted by Crippen LogP contribution is -2.51. The summed E-state index contributed by atoms with van der Waals surface area (Å²) in [6.07, 6.45) is 7.15. The van der Waals surface area contributed by atoms with Crippen LogP contribution in [0.25, 0.3) is 0 Å². The van der Waals surface area contributed by atoms with Gasteiger partial charge in [-0.2, -0.15) is 0 Å². The molecule has 0 spiro atoms. The van der Waals surface area contributed by atoms with E-state index in [4.69, 9.17) is 5.73 Å². The van der Waals surface area contributed by atoms with E-state index in [1.807, 2.05) is 0 Å². The quantitative estimate of drug-likeness (QED) is 0.789. The molecule has 1 heterocycles. The fraction of sp³-hybridized carbons (Fsp3) is 0.929. The van der Waals surface area contributed by atoms with Gasteiger partial charge in [-0.1, -0.05) is 19.8 Å². The minimum absolute atomic E-state index is 0.190. The first kappa shape index (κ1) is 13.8. The van der Waals surface area contributed by atoms with Gasteiger partial charge in [-0.15, -0.1) is 0 Å². The second-order valence-electron chi connectivity index (χ2n) is 6.04. The van der Waals surface area contributed by atoms with Gasteiger partial charge in [0.2, 0.25) is 5.91 Å². The number of carbonyl (C=O) groups excluding carboxylic acids is 1. The number of carbonyl (C=O) groups is 1. The van der Waals surface area contributed by atoms with E-state index in [1.54, 1.807) is 0 Å². The Morgan fingerprint density at radius 1 is 1.33 bits per heavy atom. The zero-order chi connectivity index (χ0) is 13.0. The number of hydrogen-bond donors (Lipinski definition) is 2. The lowest BCUT2D eigenvalue weighted by atomic mass is 9.92. The van der Waals surface area contributed by atoms with Crippen LogP contribution in [0.2, 0.25) is 0 Å². The molecule has 4 heteroatoms. The molecule has 0 radical (unpaired) electrons. The molecule has 1 amide bonds. The molecule has 104 valence electrons. The number of hydrogen-bond acceptors (Lipinski definition) is 3. The van der Waals surface area contributed by atoms with Gasteiger partial charge < -0.3 is 11.1 Å². The number of rotatable bonds is 4. The average Bonchev–Trinajstić information content (AvgIpc) is 2.84. The molecule has 1 saturated carbocycles. The first-order chi connectivity index (χ1) is 8.69. The summed E-state index contributed by atoms with van der Waals surface area (Å²) >= 11 is 0. The lowest BCUT2D eigenvalue weighted by Gasteiger charge is -2.37. The fourth-order valence-electron chi connectivity index (χ4n) is 3.28. The van der Waals surface area contributed by atoms with Gasteiger partial charge in [0, 0.05) is 18.6 Å². The summed E-state index contributed by atoms with van der Waals surface area (Å²) in [5.74, 6) is 0.933. The van der Waals surface area contributed by atoms with Gasteiger partial charge >= 0.3 is 0 Å². The minimum atomic E-state index is 0.190. The third-order valence-electron chi connectivity index (χ3n) is 4.44. The number of amides is 1. The average molecular weight is 253 g/mol. The van der Waals surface area contributed by atoms with Gasteiger partial charge in [0.25, 0.3) is 0 Å². The van der Waals surface area contributed by atoms with Crippen LogP contribution < -0.4 is 11.1 Å². The summed E-state index contributed by atoms with van der Waals surface area (Å²) in [5, 5.41) is 3.16. The van der Waals surface area contributed by atoms with Crippen molar-refractivity contribution in [2.45, 2.75) is 57.5 Å². The monoisotopic (exact) mass is 253 g/mol. The number of likely N-dealkylation sites (tertiary alicyclic amines) is 1. The largest absolute Gasteiger partial charge is 0.352 e. The van der Waals surface area contributed by atoms with Gasteiger partial charge in [-0.25, -0.2) is 0 Å². The summed E-state index contributed by atoms with van der Waals surface area (Å²) in [4.78, 5) is 14.3. The topological polar surface area (TPSA) is 58.4 Å². The van der Waals surface area contributed by atoms with Crippen LogP contribution >= 0.6 is 0 Å². The molecule has 0 aromatic rings. The van der Waals surface area contributed by atoms with E-state index in [0.29, 0.717) is 25.2 Å². The highest BCUT2D eigenvalue weighted by Gasteiger charge is 2.27. The highest BCUT2D eigenvalue weighted by atomic mass is 16.2. The maximum Gasteiger partial charge on any atom is 0.234 e. The molecule has 0 bridgehead atoms. The highest BCUT2D eigenvalue weighted by Crippen LogP contribution is 2.22. The molecule has 0 aromatic carbocycles. The maximum atomic E-state index is 12.0. The Morgan fingerprint density at radius 3 is 2.72 bits per heavy atom. The van der Waals surface area contributed by atoms with Crippen molar-refractivity contribution in [3.63, 3.8) is 0 Å². The molecule has 2 rings (SSSR count). The van der Waals surface area contributed by atoms with Crippen molar-refractivity contribution in [2.75, 3.05) is 19.6 Å². The standard InChI is InChI=1S/C14H27N3O/c1-11-6-7-17(13(8-11)9-15)10-14(18)16-12-4-2-3-5-12/h11-13H,2-10,15H2,1H3,(H,16,18). The summed E-state index contributed by atoms with van der Waals surface area (Å²) in [5.41, 5.74) is 5.82. The second-order valence-corrected chi connectivity index (χ2v) is 6.04. The van der Waals surface area contributed by atoms with Crippen LogP contribution in [0.15, 0.2) is 0 Å². The third-order valence-corrected chi connectivity index (χ3v) is 4.44. The SMILES string of the molecule is CC1CCN(CC(=O)NC2CCCC2)C(CN)C1. The Labute approximate surface area is 110 Å². The zero-order valence-electron chi connectivity index (χ0n) is 11.5. The van der Waals surface area contributed by atoms with E-state index in [9.17, 15) is 4.79 Å². The molecule has 1 aliphatic carbocycles. The summed E-state index contributed by atoms with van der Waals surface area (Å²) in [6.45, 7) is 4.49. The van der Waals surface area contributed by atoms with E-state index in [0.717, 1.165) is 31.7 Å². The van der Waals surface area contributed by atoms with Crippen LogP contribution in [0.3, 0.4) is 0 Å².